The lowest BCUT2D eigenvalue weighted by molar-refractivity contribution is 0.175. The molecule has 1 fully saturated rings. The maximum absolute atomic E-state index is 12.8. The van der Waals surface area contributed by atoms with Gasteiger partial charge in [0.25, 0.3) is 5.56 Å². The summed E-state index contributed by atoms with van der Waals surface area (Å²) in [4.78, 5) is 17.8. The van der Waals surface area contributed by atoms with E-state index >= 15 is 0 Å². The first-order valence-corrected chi connectivity index (χ1v) is 10.8. The van der Waals surface area contributed by atoms with Crippen LogP contribution in [-0.2, 0) is 13.1 Å². The Kier molecular flexibility index (Phi) is 6.24. The van der Waals surface area contributed by atoms with E-state index in [1.807, 2.05) is 35.6 Å². The Morgan fingerprint density at radius 1 is 1.20 bits per heavy atom. The zero-order valence-electron chi connectivity index (χ0n) is 17.8. The van der Waals surface area contributed by atoms with Crippen molar-refractivity contribution in [2.45, 2.75) is 65.1 Å². The molecule has 1 aliphatic rings. The third-order valence-corrected chi connectivity index (χ3v) is 6.28. The number of fused-ring (bicyclic) bond motifs is 1. The lowest BCUT2D eigenvalue weighted by Crippen LogP contribution is -2.31. The van der Waals surface area contributed by atoms with Crippen molar-refractivity contribution in [1.82, 2.24) is 30.1 Å². The standard InChI is InChI=1S/C22H30N6O2/c1-15-8-9-17-12-18(22(30)23-21(17)16(15)2)13-27(10-11-29)14-20-24-25-26-28(20)19-6-4-3-5-7-19/h8-9,12,19,29H,3-7,10-11,13-14H2,1-2H3,(H,23,30). The highest BCUT2D eigenvalue weighted by molar-refractivity contribution is 5.83. The molecule has 0 unspecified atom stereocenters. The summed E-state index contributed by atoms with van der Waals surface area (Å²) in [5, 5.41) is 23.0. The molecular formula is C22H30N6O2. The van der Waals surface area contributed by atoms with Crippen molar-refractivity contribution in [2.24, 2.45) is 0 Å². The van der Waals surface area contributed by atoms with E-state index in [4.69, 9.17) is 0 Å². The van der Waals surface area contributed by atoms with E-state index in [1.165, 1.54) is 19.3 Å². The molecule has 30 heavy (non-hydrogen) atoms. The number of aliphatic hydroxyl groups excluding tert-OH is 1. The highest BCUT2D eigenvalue weighted by Gasteiger charge is 2.22. The maximum atomic E-state index is 12.8. The minimum Gasteiger partial charge on any atom is -0.395 e. The Hall–Kier alpha value is -2.58. The van der Waals surface area contributed by atoms with Crippen molar-refractivity contribution < 1.29 is 5.11 Å². The molecule has 0 atom stereocenters. The minimum atomic E-state index is -0.0917. The number of nitrogens with zero attached hydrogens (tertiary/aromatic N) is 5. The van der Waals surface area contributed by atoms with Crippen molar-refractivity contribution >= 4 is 10.9 Å². The monoisotopic (exact) mass is 410 g/mol. The number of rotatable bonds is 7. The molecule has 0 aliphatic heterocycles. The summed E-state index contributed by atoms with van der Waals surface area (Å²) in [7, 11) is 0. The van der Waals surface area contributed by atoms with Gasteiger partial charge in [0.15, 0.2) is 5.82 Å². The molecule has 1 aliphatic carbocycles. The van der Waals surface area contributed by atoms with Crippen molar-refractivity contribution in [2.75, 3.05) is 13.2 Å². The Balaban J connectivity index is 1.58. The van der Waals surface area contributed by atoms with E-state index in [1.54, 1.807) is 0 Å². The van der Waals surface area contributed by atoms with Crippen molar-refractivity contribution in [3.8, 4) is 0 Å². The first-order valence-electron chi connectivity index (χ1n) is 10.8. The third-order valence-electron chi connectivity index (χ3n) is 6.28. The van der Waals surface area contributed by atoms with Crippen LogP contribution >= 0.6 is 0 Å². The lowest BCUT2D eigenvalue weighted by Gasteiger charge is -2.25. The number of H-pyrrole nitrogens is 1. The number of aliphatic hydroxyl groups is 1. The van der Waals surface area contributed by atoms with Crippen molar-refractivity contribution in [3.63, 3.8) is 0 Å². The van der Waals surface area contributed by atoms with Crippen LogP contribution in [0.5, 0.6) is 0 Å². The Morgan fingerprint density at radius 3 is 2.77 bits per heavy atom. The van der Waals surface area contributed by atoms with Crippen LogP contribution in [0.2, 0.25) is 0 Å². The van der Waals surface area contributed by atoms with Gasteiger partial charge in [-0.25, -0.2) is 4.68 Å². The second-order valence-corrected chi connectivity index (χ2v) is 8.36. The number of aromatic nitrogens is 5. The average molecular weight is 411 g/mol. The molecule has 2 heterocycles. The molecule has 0 amide bonds. The van der Waals surface area contributed by atoms with Crippen LogP contribution in [0.15, 0.2) is 23.0 Å². The number of pyridine rings is 1. The van der Waals surface area contributed by atoms with Gasteiger partial charge in [0.2, 0.25) is 0 Å². The zero-order chi connectivity index (χ0) is 21.1. The van der Waals surface area contributed by atoms with E-state index in [0.717, 1.165) is 40.7 Å². The number of nitrogens with one attached hydrogen (secondary N) is 1. The van der Waals surface area contributed by atoms with Gasteiger partial charge < -0.3 is 10.1 Å². The summed E-state index contributed by atoms with van der Waals surface area (Å²) in [6.07, 6.45) is 5.88. The van der Waals surface area contributed by atoms with Gasteiger partial charge in [0, 0.05) is 18.7 Å². The van der Waals surface area contributed by atoms with Crippen LogP contribution < -0.4 is 5.56 Å². The van der Waals surface area contributed by atoms with Gasteiger partial charge in [-0.1, -0.05) is 31.4 Å². The number of aromatic amines is 1. The molecule has 2 N–H and O–H groups in total. The highest BCUT2D eigenvalue weighted by atomic mass is 16.3. The van der Waals surface area contributed by atoms with Gasteiger partial charge in [-0.15, -0.1) is 5.10 Å². The van der Waals surface area contributed by atoms with Gasteiger partial charge in [0.1, 0.15) is 0 Å². The minimum absolute atomic E-state index is 0.00871. The third kappa shape index (κ3) is 4.29. The van der Waals surface area contributed by atoms with Crippen LogP contribution in [0, 0.1) is 13.8 Å². The highest BCUT2D eigenvalue weighted by Crippen LogP contribution is 2.28. The summed E-state index contributed by atoms with van der Waals surface area (Å²) in [5.41, 5.74) is 3.72. The van der Waals surface area contributed by atoms with Crippen LogP contribution in [0.25, 0.3) is 10.9 Å². The fraction of sp³-hybridized carbons (Fsp3) is 0.545. The summed E-state index contributed by atoms with van der Waals surface area (Å²) >= 11 is 0. The molecule has 1 aromatic carbocycles. The van der Waals surface area contributed by atoms with Gasteiger partial charge in [0.05, 0.1) is 24.7 Å². The fourth-order valence-electron chi connectivity index (χ4n) is 4.41. The van der Waals surface area contributed by atoms with E-state index in [-0.39, 0.29) is 12.2 Å². The van der Waals surface area contributed by atoms with Gasteiger partial charge >= 0.3 is 0 Å². The smallest absolute Gasteiger partial charge is 0.252 e. The van der Waals surface area contributed by atoms with E-state index in [0.29, 0.717) is 31.2 Å². The van der Waals surface area contributed by atoms with Crippen LogP contribution in [0.4, 0.5) is 0 Å². The van der Waals surface area contributed by atoms with Crippen LogP contribution in [0.3, 0.4) is 0 Å². The molecule has 160 valence electrons. The molecular weight excluding hydrogens is 380 g/mol. The number of hydrogen-bond acceptors (Lipinski definition) is 6. The molecule has 0 spiro atoms. The Bertz CT molecular complexity index is 1070. The predicted molar refractivity (Wildman–Crippen MR) is 115 cm³/mol. The zero-order valence-corrected chi connectivity index (χ0v) is 17.8. The largest absolute Gasteiger partial charge is 0.395 e. The number of tetrazole rings is 1. The van der Waals surface area contributed by atoms with Gasteiger partial charge in [-0.05, 0) is 59.7 Å². The molecule has 3 aromatic rings. The summed E-state index contributed by atoms with van der Waals surface area (Å²) < 4.78 is 1.94. The van der Waals surface area contributed by atoms with Crippen LogP contribution in [-0.4, -0.2) is 48.3 Å². The molecule has 8 nitrogen and oxygen atoms in total. The van der Waals surface area contributed by atoms with E-state index < -0.39 is 0 Å². The van der Waals surface area contributed by atoms with E-state index in [2.05, 4.69) is 26.6 Å². The molecule has 0 radical (unpaired) electrons. The fourth-order valence-corrected chi connectivity index (χ4v) is 4.41. The lowest BCUT2D eigenvalue weighted by atomic mass is 9.95. The Labute approximate surface area is 175 Å². The summed E-state index contributed by atoms with van der Waals surface area (Å²) in [5.74, 6) is 0.791. The number of benzene rings is 1. The van der Waals surface area contributed by atoms with Crippen LogP contribution in [0.1, 0.15) is 60.7 Å². The first-order chi connectivity index (χ1) is 14.6. The predicted octanol–water partition coefficient (Wildman–Crippen LogP) is 2.63. The molecule has 1 saturated carbocycles. The number of hydrogen-bond donors (Lipinski definition) is 2. The SMILES string of the molecule is Cc1ccc2cc(CN(CCO)Cc3nnnn3C3CCCCC3)c(=O)[nH]c2c1C. The molecule has 8 heteroatoms. The first kappa shape index (κ1) is 20.7. The summed E-state index contributed by atoms with van der Waals surface area (Å²) in [6, 6.07) is 6.41. The van der Waals surface area contributed by atoms with Crippen molar-refractivity contribution in [1.29, 1.82) is 0 Å². The Morgan fingerprint density at radius 2 is 2.00 bits per heavy atom. The second-order valence-electron chi connectivity index (χ2n) is 8.36. The second kappa shape index (κ2) is 9.06. The van der Waals surface area contributed by atoms with Gasteiger partial charge in [-0.2, -0.15) is 0 Å². The molecule has 4 rings (SSSR count). The quantitative estimate of drug-likeness (QED) is 0.621. The molecule has 0 bridgehead atoms. The number of aryl methyl sites for hydroxylation is 2. The van der Waals surface area contributed by atoms with Gasteiger partial charge in [-0.3, -0.25) is 9.69 Å². The normalized spacial score (nSPS) is 15.3. The van der Waals surface area contributed by atoms with Crippen molar-refractivity contribution in [3.05, 3.63) is 51.1 Å². The topological polar surface area (TPSA) is 99.9 Å². The maximum Gasteiger partial charge on any atom is 0.252 e. The molecule has 2 aromatic heterocycles. The van der Waals surface area contributed by atoms with E-state index in [9.17, 15) is 9.90 Å². The summed E-state index contributed by atoms with van der Waals surface area (Å²) in [6.45, 7) is 5.44. The average Bonchev–Trinajstić information content (AvgIpc) is 3.21. The molecule has 0 saturated heterocycles.